The number of hydrogen-bond acceptors (Lipinski definition) is 5. The SMILES string of the molecule is CCCNC(=O)[C@H](C)N(C)C[C@@H](c1cccs1)N1CCOCC1. The zero-order valence-corrected chi connectivity index (χ0v) is 15.3. The highest BCUT2D eigenvalue weighted by Gasteiger charge is 2.27. The largest absolute Gasteiger partial charge is 0.379 e. The molecule has 0 radical (unpaired) electrons. The number of ether oxygens (including phenoxy) is 1. The van der Waals surface area contributed by atoms with Crippen molar-refractivity contribution in [2.75, 3.05) is 46.4 Å². The fourth-order valence-corrected chi connectivity index (χ4v) is 3.63. The van der Waals surface area contributed by atoms with Crippen molar-refractivity contribution in [1.82, 2.24) is 15.1 Å². The molecule has 130 valence electrons. The van der Waals surface area contributed by atoms with E-state index in [1.807, 2.05) is 14.0 Å². The van der Waals surface area contributed by atoms with Crippen LogP contribution in [0.5, 0.6) is 0 Å². The smallest absolute Gasteiger partial charge is 0.237 e. The zero-order chi connectivity index (χ0) is 16.7. The summed E-state index contributed by atoms with van der Waals surface area (Å²) in [6, 6.07) is 4.50. The number of nitrogens with one attached hydrogen (secondary N) is 1. The van der Waals surface area contributed by atoms with Crippen molar-refractivity contribution in [3.8, 4) is 0 Å². The fraction of sp³-hybridized carbons (Fsp3) is 0.706. The number of carbonyl (C=O) groups is 1. The lowest BCUT2D eigenvalue weighted by Crippen LogP contribution is -2.48. The third-order valence-corrected chi connectivity index (χ3v) is 5.38. The van der Waals surface area contributed by atoms with Crippen molar-refractivity contribution >= 4 is 17.2 Å². The molecule has 1 aliphatic heterocycles. The monoisotopic (exact) mass is 339 g/mol. The van der Waals surface area contributed by atoms with Crippen LogP contribution >= 0.6 is 11.3 Å². The quantitative estimate of drug-likeness (QED) is 0.786. The number of thiophene rings is 1. The topological polar surface area (TPSA) is 44.8 Å². The van der Waals surface area contributed by atoms with E-state index in [1.54, 1.807) is 11.3 Å². The van der Waals surface area contributed by atoms with Crippen LogP contribution in [0.3, 0.4) is 0 Å². The van der Waals surface area contributed by atoms with E-state index in [-0.39, 0.29) is 11.9 Å². The first kappa shape index (κ1) is 18.4. The highest BCUT2D eigenvalue weighted by molar-refractivity contribution is 7.10. The summed E-state index contributed by atoms with van der Waals surface area (Å²) in [5, 5.41) is 5.11. The summed E-state index contributed by atoms with van der Waals surface area (Å²) in [7, 11) is 2.04. The van der Waals surface area contributed by atoms with Crippen LogP contribution in [0.15, 0.2) is 17.5 Å². The normalized spacial score (nSPS) is 18.8. The molecule has 2 rings (SSSR count). The third-order valence-electron chi connectivity index (χ3n) is 4.41. The van der Waals surface area contributed by atoms with Gasteiger partial charge in [0.1, 0.15) is 0 Å². The van der Waals surface area contributed by atoms with Gasteiger partial charge in [-0.05, 0) is 31.8 Å². The molecule has 1 aromatic rings. The molecule has 1 aliphatic rings. The summed E-state index contributed by atoms with van der Waals surface area (Å²) in [5.74, 6) is 0.112. The van der Waals surface area contributed by atoms with Crippen molar-refractivity contribution in [2.45, 2.75) is 32.4 Å². The van der Waals surface area contributed by atoms with E-state index in [1.165, 1.54) is 4.88 Å². The van der Waals surface area contributed by atoms with E-state index in [0.717, 1.165) is 45.8 Å². The number of rotatable bonds is 8. The number of nitrogens with zero attached hydrogens (tertiary/aromatic N) is 2. The summed E-state index contributed by atoms with van der Waals surface area (Å²) >= 11 is 1.79. The van der Waals surface area contributed by atoms with Crippen molar-refractivity contribution in [2.24, 2.45) is 0 Å². The Labute approximate surface area is 143 Å². The molecule has 0 aliphatic carbocycles. The second-order valence-corrected chi connectivity index (χ2v) is 7.07. The first-order valence-corrected chi connectivity index (χ1v) is 9.34. The molecule has 0 bridgehead atoms. The Hall–Kier alpha value is -0.950. The number of carbonyl (C=O) groups excluding carboxylic acids is 1. The van der Waals surface area contributed by atoms with Gasteiger partial charge in [-0.3, -0.25) is 14.6 Å². The van der Waals surface area contributed by atoms with E-state index in [4.69, 9.17) is 4.74 Å². The number of amides is 1. The predicted molar refractivity (Wildman–Crippen MR) is 94.8 cm³/mol. The van der Waals surface area contributed by atoms with Crippen LogP contribution in [-0.4, -0.2) is 68.2 Å². The molecular weight excluding hydrogens is 310 g/mol. The molecule has 2 heterocycles. The highest BCUT2D eigenvalue weighted by atomic mass is 32.1. The third kappa shape index (κ3) is 5.28. The van der Waals surface area contributed by atoms with Crippen LogP contribution in [0.2, 0.25) is 0 Å². The lowest BCUT2D eigenvalue weighted by molar-refractivity contribution is -0.125. The summed E-state index contributed by atoms with van der Waals surface area (Å²) in [6.45, 7) is 9.13. The molecule has 1 fully saturated rings. The summed E-state index contributed by atoms with van der Waals surface area (Å²) in [4.78, 5) is 18.2. The molecule has 5 nitrogen and oxygen atoms in total. The van der Waals surface area contributed by atoms with Crippen LogP contribution in [0.25, 0.3) is 0 Å². The number of morpholine rings is 1. The van der Waals surface area contributed by atoms with Gasteiger partial charge in [-0.15, -0.1) is 11.3 Å². The van der Waals surface area contributed by atoms with Gasteiger partial charge in [-0.1, -0.05) is 13.0 Å². The van der Waals surface area contributed by atoms with Crippen molar-refractivity contribution < 1.29 is 9.53 Å². The van der Waals surface area contributed by atoms with Gasteiger partial charge in [0.25, 0.3) is 0 Å². The number of hydrogen-bond donors (Lipinski definition) is 1. The fourth-order valence-electron chi connectivity index (χ4n) is 2.78. The van der Waals surface area contributed by atoms with E-state index in [0.29, 0.717) is 6.04 Å². The Morgan fingerprint density at radius 2 is 2.22 bits per heavy atom. The zero-order valence-electron chi connectivity index (χ0n) is 14.5. The molecule has 1 amide bonds. The predicted octanol–water partition coefficient (Wildman–Crippen LogP) is 1.97. The minimum Gasteiger partial charge on any atom is -0.379 e. The molecule has 1 N–H and O–H groups in total. The number of likely N-dealkylation sites (N-methyl/N-ethyl adjacent to an activating group) is 1. The van der Waals surface area contributed by atoms with Crippen LogP contribution in [0.1, 0.15) is 31.2 Å². The Morgan fingerprint density at radius 1 is 1.48 bits per heavy atom. The standard InChI is InChI=1S/C17H29N3O2S/c1-4-7-18-17(21)14(2)19(3)13-15(16-6-5-12-23-16)20-8-10-22-11-9-20/h5-6,12,14-15H,4,7-11,13H2,1-3H3,(H,18,21)/t14-,15-/m0/s1. The van der Waals surface area contributed by atoms with Gasteiger partial charge in [0.05, 0.1) is 25.3 Å². The highest BCUT2D eigenvalue weighted by Crippen LogP contribution is 2.27. The second-order valence-electron chi connectivity index (χ2n) is 6.09. The first-order chi connectivity index (χ1) is 11.1. The van der Waals surface area contributed by atoms with Gasteiger partial charge in [0, 0.05) is 31.1 Å². The van der Waals surface area contributed by atoms with Gasteiger partial charge in [0.15, 0.2) is 0 Å². The maximum atomic E-state index is 12.2. The van der Waals surface area contributed by atoms with Crippen LogP contribution < -0.4 is 5.32 Å². The van der Waals surface area contributed by atoms with Crippen molar-refractivity contribution in [3.63, 3.8) is 0 Å². The Bertz CT molecular complexity index is 460. The summed E-state index contributed by atoms with van der Waals surface area (Å²) < 4.78 is 5.49. The molecule has 0 aromatic carbocycles. The van der Waals surface area contributed by atoms with Gasteiger partial charge in [0.2, 0.25) is 5.91 Å². The minimum atomic E-state index is -0.120. The van der Waals surface area contributed by atoms with Crippen LogP contribution in [0.4, 0.5) is 0 Å². The average Bonchev–Trinajstić information content (AvgIpc) is 3.11. The molecular formula is C17H29N3O2S. The van der Waals surface area contributed by atoms with E-state index >= 15 is 0 Å². The maximum absolute atomic E-state index is 12.2. The Morgan fingerprint density at radius 3 is 2.83 bits per heavy atom. The van der Waals surface area contributed by atoms with Crippen molar-refractivity contribution in [3.05, 3.63) is 22.4 Å². The second kappa shape index (κ2) is 9.37. The van der Waals surface area contributed by atoms with E-state index in [2.05, 4.69) is 39.6 Å². The molecule has 0 saturated carbocycles. The lowest BCUT2D eigenvalue weighted by atomic mass is 10.1. The summed E-state index contributed by atoms with van der Waals surface area (Å²) in [6.07, 6.45) is 0.966. The average molecular weight is 340 g/mol. The molecule has 6 heteroatoms. The maximum Gasteiger partial charge on any atom is 0.237 e. The van der Waals surface area contributed by atoms with E-state index < -0.39 is 0 Å². The molecule has 23 heavy (non-hydrogen) atoms. The van der Waals surface area contributed by atoms with Gasteiger partial charge < -0.3 is 10.1 Å². The first-order valence-electron chi connectivity index (χ1n) is 8.46. The van der Waals surface area contributed by atoms with E-state index in [9.17, 15) is 4.79 Å². The van der Waals surface area contributed by atoms with Gasteiger partial charge >= 0.3 is 0 Å². The Balaban J connectivity index is 2.00. The molecule has 1 aromatic heterocycles. The Kier molecular flexibility index (Phi) is 7.49. The van der Waals surface area contributed by atoms with Gasteiger partial charge in [-0.2, -0.15) is 0 Å². The van der Waals surface area contributed by atoms with Gasteiger partial charge in [-0.25, -0.2) is 0 Å². The van der Waals surface area contributed by atoms with Crippen molar-refractivity contribution in [1.29, 1.82) is 0 Å². The van der Waals surface area contributed by atoms with Crippen LogP contribution in [0, 0.1) is 0 Å². The molecule has 1 saturated heterocycles. The summed E-state index contributed by atoms with van der Waals surface area (Å²) in [5.41, 5.74) is 0. The lowest BCUT2D eigenvalue weighted by Gasteiger charge is -2.37. The molecule has 0 spiro atoms. The molecule has 2 atom stereocenters. The van der Waals surface area contributed by atoms with Crippen LogP contribution in [-0.2, 0) is 9.53 Å². The minimum absolute atomic E-state index is 0.112. The molecule has 0 unspecified atom stereocenters.